The lowest BCUT2D eigenvalue weighted by molar-refractivity contribution is 0.355. The van der Waals surface area contributed by atoms with E-state index in [0.29, 0.717) is 5.41 Å². The van der Waals surface area contributed by atoms with Crippen molar-refractivity contribution in [2.75, 3.05) is 0 Å². The lowest BCUT2D eigenvalue weighted by Gasteiger charge is -2.30. The molecule has 66 valence electrons. The van der Waals surface area contributed by atoms with Crippen LogP contribution >= 0.6 is 0 Å². The second-order valence-electron chi connectivity index (χ2n) is 4.84. The van der Waals surface area contributed by atoms with Gasteiger partial charge in [0, 0.05) is 0 Å². The number of hydrogen-bond acceptors (Lipinski definition) is 0. The Kier molecular flexibility index (Phi) is 1.67. The minimum atomic E-state index is 0.503. The van der Waals surface area contributed by atoms with Gasteiger partial charge >= 0.3 is 0 Å². The van der Waals surface area contributed by atoms with Crippen molar-refractivity contribution in [3.63, 3.8) is 0 Å². The predicted octanol–water partition coefficient (Wildman–Crippen LogP) is 3.70. The topological polar surface area (TPSA) is 0 Å². The molecule has 0 bridgehead atoms. The molecule has 0 aliphatic heterocycles. The minimum Gasteiger partial charge on any atom is -0.0751 e. The Bertz CT molecular complexity index is 253. The summed E-state index contributed by atoms with van der Waals surface area (Å²) in [6, 6.07) is 0. The largest absolute Gasteiger partial charge is 0.0751 e. The number of hydrogen-bond donors (Lipinski definition) is 0. The molecule has 0 spiro atoms. The van der Waals surface area contributed by atoms with E-state index in [2.05, 4.69) is 32.9 Å². The molecular formula is C12H18. The molecule has 0 radical (unpaired) electrons. The molecule has 0 heteroatoms. The summed E-state index contributed by atoms with van der Waals surface area (Å²) in [4.78, 5) is 0. The monoisotopic (exact) mass is 162 g/mol. The van der Waals surface area contributed by atoms with Crippen LogP contribution in [0.1, 0.15) is 40.0 Å². The summed E-state index contributed by atoms with van der Waals surface area (Å²) in [5, 5.41) is 0. The van der Waals surface area contributed by atoms with Crippen molar-refractivity contribution in [2.24, 2.45) is 11.3 Å². The summed E-state index contributed by atoms with van der Waals surface area (Å²) in [6.07, 6.45) is 9.00. The Morgan fingerprint density at radius 3 is 2.50 bits per heavy atom. The highest BCUT2D eigenvalue weighted by atomic mass is 14.4. The zero-order valence-corrected chi connectivity index (χ0v) is 8.35. The van der Waals surface area contributed by atoms with Crippen molar-refractivity contribution in [1.82, 2.24) is 0 Å². The molecule has 0 N–H and O–H groups in total. The Balaban J connectivity index is 2.24. The second-order valence-corrected chi connectivity index (χ2v) is 4.84. The average Bonchev–Trinajstić information content (AvgIpc) is 2.61. The predicted molar refractivity (Wildman–Crippen MR) is 53.0 cm³/mol. The van der Waals surface area contributed by atoms with Crippen molar-refractivity contribution in [3.05, 3.63) is 23.3 Å². The van der Waals surface area contributed by atoms with Gasteiger partial charge in [-0.15, -0.1) is 0 Å². The van der Waals surface area contributed by atoms with Gasteiger partial charge in [0.1, 0.15) is 0 Å². The third-order valence-corrected chi connectivity index (χ3v) is 3.20. The van der Waals surface area contributed by atoms with Crippen molar-refractivity contribution in [1.29, 1.82) is 0 Å². The average molecular weight is 162 g/mol. The zero-order valence-electron chi connectivity index (χ0n) is 8.35. The van der Waals surface area contributed by atoms with Crippen LogP contribution in [0, 0.1) is 11.3 Å². The van der Waals surface area contributed by atoms with E-state index in [1.54, 1.807) is 5.57 Å². The molecule has 0 aromatic carbocycles. The normalized spacial score (nSPS) is 35.9. The lowest BCUT2D eigenvalue weighted by Crippen LogP contribution is -2.19. The first-order valence-electron chi connectivity index (χ1n) is 4.97. The molecule has 0 aromatic heterocycles. The fraction of sp³-hybridized carbons (Fsp3) is 0.667. The Morgan fingerprint density at radius 2 is 2.00 bits per heavy atom. The zero-order chi connectivity index (χ0) is 8.77. The van der Waals surface area contributed by atoms with E-state index in [4.69, 9.17) is 0 Å². The lowest BCUT2D eigenvalue weighted by atomic mass is 9.75. The van der Waals surface area contributed by atoms with Crippen molar-refractivity contribution >= 4 is 0 Å². The smallest absolute Gasteiger partial charge is 0.00755 e. The number of allylic oxidation sites excluding steroid dienone is 4. The summed E-state index contributed by atoms with van der Waals surface area (Å²) in [5.74, 6) is 0.982. The molecule has 2 aliphatic carbocycles. The van der Waals surface area contributed by atoms with Gasteiger partial charge in [-0.25, -0.2) is 0 Å². The van der Waals surface area contributed by atoms with Gasteiger partial charge in [0.25, 0.3) is 0 Å². The number of rotatable bonds is 1. The summed E-state index contributed by atoms with van der Waals surface area (Å²) in [6.45, 7) is 6.91. The molecule has 2 rings (SSSR count). The molecule has 0 saturated heterocycles. The maximum Gasteiger partial charge on any atom is -0.00755 e. The van der Waals surface area contributed by atoms with Crippen LogP contribution in [-0.2, 0) is 0 Å². The third kappa shape index (κ3) is 1.35. The first-order valence-corrected chi connectivity index (χ1v) is 4.97. The maximum absolute atomic E-state index is 2.48. The first-order chi connectivity index (χ1) is 5.60. The molecular weight excluding hydrogens is 144 g/mol. The second kappa shape index (κ2) is 2.48. The van der Waals surface area contributed by atoms with Gasteiger partial charge in [-0.05, 0) is 44.4 Å². The van der Waals surface area contributed by atoms with Crippen LogP contribution < -0.4 is 0 Å². The quantitative estimate of drug-likeness (QED) is 0.551. The van der Waals surface area contributed by atoms with Crippen LogP contribution in [0.15, 0.2) is 23.3 Å². The summed E-state index contributed by atoms with van der Waals surface area (Å²) < 4.78 is 0. The van der Waals surface area contributed by atoms with E-state index >= 15 is 0 Å². The van der Waals surface area contributed by atoms with Crippen molar-refractivity contribution < 1.29 is 0 Å². The Hall–Kier alpha value is -0.520. The molecule has 0 heterocycles. The van der Waals surface area contributed by atoms with Crippen LogP contribution in [0.25, 0.3) is 0 Å². The van der Waals surface area contributed by atoms with Crippen LogP contribution in [0.4, 0.5) is 0 Å². The standard InChI is InChI=1S/C12H18/c1-9-6-10(2)8-12(3,7-9)11-4-5-11/h6-7,11H,4-5,8H2,1-3H3. The Morgan fingerprint density at radius 1 is 1.33 bits per heavy atom. The highest BCUT2D eigenvalue weighted by molar-refractivity contribution is 5.30. The van der Waals surface area contributed by atoms with E-state index in [9.17, 15) is 0 Å². The molecule has 1 fully saturated rings. The maximum atomic E-state index is 2.48. The van der Waals surface area contributed by atoms with Crippen LogP contribution in [0.3, 0.4) is 0 Å². The van der Waals surface area contributed by atoms with E-state index in [0.717, 1.165) is 5.92 Å². The highest BCUT2D eigenvalue weighted by Gasteiger charge is 2.40. The molecule has 2 aliphatic rings. The molecule has 1 saturated carbocycles. The van der Waals surface area contributed by atoms with Gasteiger partial charge in [-0.2, -0.15) is 0 Å². The van der Waals surface area contributed by atoms with Crippen LogP contribution in [-0.4, -0.2) is 0 Å². The molecule has 12 heavy (non-hydrogen) atoms. The van der Waals surface area contributed by atoms with Crippen molar-refractivity contribution in [2.45, 2.75) is 40.0 Å². The van der Waals surface area contributed by atoms with Gasteiger partial charge in [0.2, 0.25) is 0 Å². The minimum absolute atomic E-state index is 0.503. The van der Waals surface area contributed by atoms with E-state index in [1.807, 2.05) is 0 Å². The fourth-order valence-corrected chi connectivity index (χ4v) is 2.66. The van der Waals surface area contributed by atoms with Crippen LogP contribution in [0.5, 0.6) is 0 Å². The SMILES string of the molecule is CC1=CC(C)(C2CC2)CC(C)=C1. The Labute approximate surface area is 75.4 Å². The van der Waals surface area contributed by atoms with Gasteiger partial charge in [-0.1, -0.05) is 30.2 Å². The first kappa shape index (κ1) is 8.10. The highest BCUT2D eigenvalue weighted by Crippen LogP contribution is 2.51. The molecule has 0 nitrogen and oxygen atoms in total. The molecule has 1 atom stereocenters. The summed E-state index contributed by atoms with van der Waals surface area (Å²) >= 11 is 0. The van der Waals surface area contributed by atoms with Gasteiger partial charge in [0.15, 0.2) is 0 Å². The summed E-state index contributed by atoms with van der Waals surface area (Å²) in [7, 11) is 0. The van der Waals surface area contributed by atoms with Gasteiger partial charge < -0.3 is 0 Å². The van der Waals surface area contributed by atoms with Crippen LogP contribution in [0.2, 0.25) is 0 Å². The van der Waals surface area contributed by atoms with Gasteiger partial charge in [-0.3, -0.25) is 0 Å². The van der Waals surface area contributed by atoms with E-state index in [-0.39, 0.29) is 0 Å². The summed E-state index contributed by atoms with van der Waals surface area (Å²) in [5.41, 5.74) is 3.53. The van der Waals surface area contributed by atoms with Crippen molar-refractivity contribution in [3.8, 4) is 0 Å². The van der Waals surface area contributed by atoms with E-state index < -0.39 is 0 Å². The van der Waals surface area contributed by atoms with E-state index in [1.165, 1.54) is 24.8 Å². The molecule has 0 aromatic rings. The molecule has 0 amide bonds. The third-order valence-electron chi connectivity index (χ3n) is 3.20. The molecule has 1 unspecified atom stereocenters. The van der Waals surface area contributed by atoms with Gasteiger partial charge in [0.05, 0.1) is 0 Å². The fourth-order valence-electron chi connectivity index (χ4n) is 2.66.